The number of amides is 2. The lowest BCUT2D eigenvalue weighted by molar-refractivity contribution is -0.384. The normalized spacial score (nSPS) is 12.8. The molecule has 1 atom stereocenters. The van der Waals surface area contributed by atoms with Crippen molar-refractivity contribution in [1.29, 1.82) is 0 Å². The van der Waals surface area contributed by atoms with Gasteiger partial charge in [-0.1, -0.05) is 12.1 Å². The van der Waals surface area contributed by atoms with Gasteiger partial charge in [-0.25, -0.2) is 0 Å². The molecule has 0 saturated heterocycles. The Labute approximate surface area is 176 Å². The van der Waals surface area contributed by atoms with Gasteiger partial charge in [-0.05, 0) is 29.3 Å². The standard InChI is InChI=1S/C19H15F6N3O4/c20-18(21,22)12-5-11(6-13(9-12)19(23,24)25)8-16(29)27-15(17(26)30)7-10-1-3-14(4-2-10)28(31)32/h1-6,9,15H,7-8H2,(H2,26,30)(H,27,29)/t15-/m0/s1. The average molecular weight is 463 g/mol. The van der Waals surface area contributed by atoms with Crippen LogP contribution in [0, 0.1) is 10.1 Å². The molecule has 2 aromatic rings. The van der Waals surface area contributed by atoms with Crippen molar-refractivity contribution >= 4 is 17.5 Å². The summed E-state index contributed by atoms with van der Waals surface area (Å²) in [7, 11) is 0. The Hall–Kier alpha value is -3.64. The van der Waals surface area contributed by atoms with Crippen LogP contribution in [-0.4, -0.2) is 22.8 Å². The van der Waals surface area contributed by atoms with Crippen LogP contribution in [0.4, 0.5) is 32.0 Å². The minimum atomic E-state index is -5.07. The molecule has 0 fully saturated rings. The van der Waals surface area contributed by atoms with Crippen LogP contribution in [0.25, 0.3) is 0 Å². The molecule has 13 heteroatoms. The zero-order chi connectivity index (χ0) is 24.3. The molecule has 172 valence electrons. The molecule has 0 heterocycles. The molecule has 0 aliphatic rings. The van der Waals surface area contributed by atoms with Gasteiger partial charge in [0.25, 0.3) is 5.69 Å². The molecule has 0 radical (unpaired) electrons. The molecular formula is C19H15F6N3O4. The number of nitrogens with one attached hydrogen (secondary N) is 1. The van der Waals surface area contributed by atoms with E-state index < -0.39 is 58.2 Å². The van der Waals surface area contributed by atoms with E-state index in [-0.39, 0.29) is 18.2 Å². The summed E-state index contributed by atoms with van der Waals surface area (Å²) in [5.74, 6) is -2.06. The fourth-order valence-electron chi connectivity index (χ4n) is 2.76. The third kappa shape index (κ3) is 6.68. The molecule has 0 unspecified atom stereocenters. The number of nitrogens with two attached hydrogens (primary N) is 1. The van der Waals surface area contributed by atoms with Crippen LogP contribution >= 0.6 is 0 Å². The van der Waals surface area contributed by atoms with E-state index >= 15 is 0 Å². The molecule has 7 nitrogen and oxygen atoms in total. The van der Waals surface area contributed by atoms with Gasteiger partial charge >= 0.3 is 12.4 Å². The Bertz CT molecular complexity index is 987. The quantitative estimate of drug-likeness (QED) is 0.372. The Balaban J connectivity index is 2.19. The number of nitro benzene ring substituents is 1. The third-order valence-corrected chi connectivity index (χ3v) is 4.28. The largest absolute Gasteiger partial charge is 0.416 e. The molecule has 0 aliphatic heterocycles. The minimum absolute atomic E-state index is 0.0673. The number of nitro groups is 1. The van der Waals surface area contributed by atoms with Crippen LogP contribution in [0.5, 0.6) is 0 Å². The van der Waals surface area contributed by atoms with Crippen molar-refractivity contribution in [1.82, 2.24) is 5.32 Å². The molecule has 0 saturated carbocycles. The molecular weight excluding hydrogens is 448 g/mol. The van der Waals surface area contributed by atoms with Gasteiger partial charge in [0.15, 0.2) is 0 Å². The van der Waals surface area contributed by atoms with Crippen molar-refractivity contribution in [2.24, 2.45) is 5.73 Å². The second-order valence-electron chi connectivity index (χ2n) is 6.74. The number of alkyl halides is 6. The van der Waals surface area contributed by atoms with Crippen LogP contribution in [-0.2, 0) is 34.8 Å². The SMILES string of the molecule is NC(=O)[C@H](Cc1ccc([N+](=O)[O-])cc1)NC(=O)Cc1cc(C(F)(F)F)cc(C(F)(F)F)c1. The molecule has 2 amide bonds. The maximum Gasteiger partial charge on any atom is 0.416 e. The van der Waals surface area contributed by atoms with E-state index in [0.29, 0.717) is 17.7 Å². The number of nitrogens with zero attached hydrogens (tertiary/aromatic N) is 1. The van der Waals surface area contributed by atoms with Crippen LogP contribution in [0.2, 0.25) is 0 Å². The number of carbonyl (C=O) groups is 2. The minimum Gasteiger partial charge on any atom is -0.368 e. The second kappa shape index (κ2) is 9.24. The van der Waals surface area contributed by atoms with Gasteiger partial charge in [-0.2, -0.15) is 26.3 Å². The van der Waals surface area contributed by atoms with Crippen LogP contribution in [0.15, 0.2) is 42.5 Å². The number of non-ortho nitro benzene ring substituents is 1. The predicted molar refractivity (Wildman–Crippen MR) is 98.1 cm³/mol. The van der Waals surface area contributed by atoms with Gasteiger partial charge in [-0.15, -0.1) is 0 Å². The summed E-state index contributed by atoms with van der Waals surface area (Å²) in [5, 5.41) is 12.8. The zero-order valence-corrected chi connectivity index (χ0v) is 16.0. The number of hydrogen-bond donors (Lipinski definition) is 2. The fraction of sp³-hybridized carbons (Fsp3) is 0.263. The second-order valence-corrected chi connectivity index (χ2v) is 6.74. The van der Waals surface area contributed by atoms with E-state index in [4.69, 9.17) is 5.73 Å². The Morgan fingerprint density at radius 1 is 0.938 bits per heavy atom. The zero-order valence-electron chi connectivity index (χ0n) is 16.0. The van der Waals surface area contributed by atoms with Gasteiger partial charge < -0.3 is 11.1 Å². The fourth-order valence-corrected chi connectivity index (χ4v) is 2.76. The first-order valence-electron chi connectivity index (χ1n) is 8.77. The molecule has 0 spiro atoms. The number of benzene rings is 2. The van der Waals surface area contributed by atoms with E-state index in [1.54, 1.807) is 0 Å². The Morgan fingerprint density at radius 2 is 1.44 bits per heavy atom. The maximum atomic E-state index is 12.9. The summed E-state index contributed by atoms with van der Waals surface area (Å²) in [6.45, 7) is 0. The lowest BCUT2D eigenvalue weighted by Gasteiger charge is -2.17. The third-order valence-electron chi connectivity index (χ3n) is 4.28. The van der Waals surface area contributed by atoms with E-state index in [1.165, 1.54) is 12.1 Å². The molecule has 2 rings (SSSR count). The maximum absolute atomic E-state index is 12.9. The van der Waals surface area contributed by atoms with Gasteiger partial charge in [0.1, 0.15) is 6.04 Å². The molecule has 0 bridgehead atoms. The number of halogens is 6. The van der Waals surface area contributed by atoms with E-state index in [2.05, 4.69) is 5.32 Å². The summed E-state index contributed by atoms with van der Waals surface area (Å²) >= 11 is 0. The van der Waals surface area contributed by atoms with Crippen LogP contribution in [0.1, 0.15) is 22.3 Å². The van der Waals surface area contributed by atoms with E-state index in [9.17, 15) is 46.0 Å². The number of hydrogen-bond acceptors (Lipinski definition) is 4. The van der Waals surface area contributed by atoms with E-state index in [0.717, 1.165) is 12.1 Å². The van der Waals surface area contributed by atoms with Gasteiger partial charge in [-0.3, -0.25) is 19.7 Å². The lowest BCUT2D eigenvalue weighted by Crippen LogP contribution is -2.46. The monoisotopic (exact) mass is 463 g/mol. The summed E-state index contributed by atoms with van der Waals surface area (Å²) in [6, 6.07) is 4.31. The summed E-state index contributed by atoms with van der Waals surface area (Å²) < 4.78 is 77.6. The predicted octanol–water partition coefficient (Wildman–Crippen LogP) is 3.39. The van der Waals surface area contributed by atoms with Crippen molar-refractivity contribution in [3.63, 3.8) is 0 Å². The highest BCUT2D eigenvalue weighted by atomic mass is 19.4. The van der Waals surface area contributed by atoms with Crippen molar-refractivity contribution in [3.05, 3.63) is 74.8 Å². The van der Waals surface area contributed by atoms with Gasteiger partial charge in [0.05, 0.1) is 22.5 Å². The number of rotatable bonds is 7. The van der Waals surface area contributed by atoms with Crippen molar-refractivity contribution < 1.29 is 40.9 Å². The summed E-state index contributed by atoms with van der Waals surface area (Å²) in [6.07, 6.45) is -11.2. The molecule has 2 aromatic carbocycles. The van der Waals surface area contributed by atoms with Crippen LogP contribution in [0.3, 0.4) is 0 Å². The highest BCUT2D eigenvalue weighted by molar-refractivity contribution is 5.87. The highest BCUT2D eigenvalue weighted by Gasteiger charge is 2.37. The molecule has 32 heavy (non-hydrogen) atoms. The Kier molecular flexibility index (Phi) is 7.11. The van der Waals surface area contributed by atoms with Crippen molar-refractivity contribution in [2.75, 3.05) is 0 Å². The highest BCUT2D eigenvalue weighted by Crippen LogP contribution is 2.36. The van der Waals surface area contributed by atoms with Gasteiger partial charge in [0.2, 0.25) is 11.8 Å². The molecule has 3 N–H and O–H groups in total. The lowest BCUT2D eigenvalue weighted by atomic mass is 10.0. The Morgan fingerprint density at radius 3 is 1.84 bits per heavy atom. The average Bonchev–Trinajstić information content (AvgIpc) is 2.66. The summed E-state index contributed by atoms with van der Waals surface area (Å²) in [4.78, 5) is 33.9. The summed E-state index contributed by atoms with van der Waals surface area (Å²) in [5.41, 5.74) is 1.64. The first kappa shape index (κ1) is 24.6. The topological polar surface area (TPSA) is 115 Å². The first-order valence-corrected chi connectivity index (χ1v) is 8.77. The van der Waals surface area contributed by atoms with Gasteiger partial charge in [0, 0.05) is 18.6 Å². The molecule has 0 aromatic heterocycles. The number of carbonyl (C=O) groups excluding carboxylic acids is 2. The van der Waals surface area contributed by atoms with Crippen molar-refractivity contribution in [2.45, 2.75) is 31.2 Å². The van der Waals surface area contributed by atoms with E-state index in [1.807, 2.05) is 0 Å². The number of primary amides is 1. The van der Waals surface area contributed by atoms with Crippen molar-refractivity contribution in [3.8, 4) is 0 Å². The van der Waals surface area contributed by atoms with Crippen LogP contribution < -0.4 is 11.1 Å². The first-order chi connectivity index (χ1) is 14.7. The molecule has 0 aliphatic carbocycles. The smallest absolute Gasteiger partial charge is 0.368 e.